The molecule has 4 heteroatoms. The van der Waals surface area contributed by atoms with Crippen LogP contribution in [0.1, 0.15) is 40.0 Å². The van der Waals surface area contributed by atoms with E-state index < -0.39 is 0 Å². The van der Waals surface area contributed by atoms with Crippen LogP contribution in [0.25, 0.3) is 165 Å². The molecule has 0 saturated heterocycles. The van der Waals surface area contributed by atoms with Gasteiger partial charge < -0.3 is 0 Å². The van der Waals surface area contributed by atoms with Crippen LogP contribution in [0.3, 0.4) is 0 Å². The number of hydrogen-bond acceptors (Lipinski definition) is 4. The van der Waals surface area contributed by atoms with Crippen molar-refractivity contribution < 1.29 is 0 Å². The van der Waals surface area contributed by atoms with E-state index in [9.17, 15) is 0 Å². The average molecular weight is 1060 g/mol. The van der Waals surface area contributed by atoms with Crippen molar-refractivity contribution in [2.75, 3.05) is 0 Å². The predicted octanol–water partition coefficient (Wildman–Crippen LogP) is 23.1. The van der Waals surface area contributed by atoms with E-state index in [1.54, 1.807) is 0 Å². The van der Waals surface area contributed by atoms with Crippen molar-refractivity contribution in [1.29, 1.82) is 0 Å². The van der Waals surface area contributed by atoms with Gasteiger partial charge in [-0.15, -0.1) is 45.3 Å². The first kappa shape index (κ1) is 43.8. The van der Waals surface area contributed by atoms with Crippen LogP contribution in [0, 0.1) is 0 Å². The quantitative estimate of drug-likeness (QED) is 0.154. The second-order valence-electron chi connectivity index (χ2n) is 21.6. The highest BCUT2D eigenvalue weighted by molar-refractivity contribution is 7.26. The Balaban J connectivity index is 0.951. The Hall–Kier alpha value is -8.22. The van der Waals surface area contributed by atoms with E-state index in [1.165, 1.54) is 180 Å². The summed E-state index contributed by atoms with van der Waals surface area (Å²) in [5.74, 6) is 0. The summed E-state index contributed by atoms with van der Waals surface area (Å²) in [6.45, 7) is 0. The molecule has 2 aliphatic carbocycles. The molecule has 2 aliphatic rings. The molecule has 0 atom stereocenters. The van der Waals surface area contributed by atoms with Crippen LogP contribution < -0.4 is 0 Å². The highest BCUT2D eigenvalue weighted by Gasteiger charge is 2.25. The molecular weight excluding hydrogens is 1020 g/mol. The van der Waals surface area contributed by atoms with Crippen molar-refractivity contribution in [2.45, 2.75) is 25.7 Å². The fourth-order valence-electron chi connectivity index (χ4n) is 13.7. The predicted molar refractivity (Wildman–Crippen MR) is 347 cm³/mol. The third kappa shape index (κ3) is 6.49. The molecule has 16 aromatic rings. The molecule has 0 fully saturated rings. The summed E-state index contributed by atoms with van der Waals surface area (Å²) in [6.07, 6.45) is 11.5. The maximum atomic E-state index is 2.60. The molecule has 0 spiro atoms. The van der Waals surface area contributed by atoms with E-state index in [0.717, 1.165) is 25.7 Å². The topological polar surface area (TPSA) is 0 Å². The number of aryl methyl sites for hydroxylation is 2. The van der Waals surface area contributed by atoms with Gasteiger partial charge in [-0.1, -0.05) is 133 Å². The van der Waals surface area contributed by atoms with Gasteiger partial charge >= 0.3 is 0 Å². The molecule has 78 heavy (non-hydrogen) atoms. The van der Waals surface area contributed by atoms with Gasteiger partial charge in [0.15, 0.2) is 0 Å². The number of rotatable bonds is 4. The highest BCUT2D eigenvalue weighted by atomic mass is 32.1. The van der Waals surface area contributed by atoms with E-state index in [4.69, 9.17) is 0 Å². The number of fused-ring (bicyclic) bond motifs is 23. The summed E-state index contributed by atoms with van der Waals surface area (Å²) in [6, 6.07) is 77.5. The molecule has 0 bridgehead atoms. The molecule has 0 nitrogen and oxygen atoms in total. The summed E-state index contributed by atoms with van der Waals surface area (Å²) in [5, 5.41) is 20.0. The van der Waals surface area contributed by atoms with Crippen molar-refractivity contribution in [1.82, 2.24) is 0 Å². The Bertz CT molecular complexity index is 5390. The fourth-order valence-corrected chi connectivity index (χ4v) is 18.1. The molecule has 4 heterocycles. The van der Waals surface area contributed by atoms with Crippen molar-refractivity contribution >= 4 is 177 Å². The van der Waals surface area contributed by atoms with Crippen LogP contribution in [-0.2, 0) is 12.8 Å². The largest absolute Gasteiger partial charge is 0.140 e. The molecule has 0 amide bonds. The summed E-state index contributed by atoms with van der Waals surface area (Å²) in [4.78, 5) is 1.51. The van der Waals surface area contributed by atoms with Crippen LogP contribution in [0.15, 0.2) is 206 Å². The number of thiophene rings is 4. The third-order valence-corrected chi connectivity index (χ3v) is 22.1. The molecule has 364 valence electrons. The van der Waals surface area contributed by atoms with Gasteiger partial charge in [0.1, 0.15) is 0 Å². The third-order valence-electron chi connectivity index (χ3n) is 17.4. The first-order chi connectivity index (χ1) is 38.6. The van der Waals surface area contributed by atoms with Gasteiger partial charge in [0.2, 0.25) is 0 Å². The minimum atomic E-state index is 0.961. The Morgan fingerprint density at radius 2 is 0.679 bits per heavy atom. The van der Waals surface area contributed by atoms with Gasteiger partial charge in [0.05, 0.1) is 0 Å². The fraction of sp³-hybridized carbons (Fsp3) is 0.0541. The zero-order valence-corrected chi connectivity index (χ0v) is 45.5. The average Bonchev–Trinajstić information content (AvgIpc) is 4.42. The monoisotopic (exact) mass is 1060 g/mol. The molecule has 0 unspecified atom stereocenters. The maximum absolute atomic E-state index is 2.60. The summed E-state index contributed by atoms with van der Waals surface area (Å²) >= 11 is 7.64. The van der Waals surface area contributed by atoms with Crippen molar-refractivity contribution in [3.05, 3.63) is 233 Å². The number of benzene rings is 12. The lowest BCUT2D eigenvalue weighted by molar-refractivity contribution is 1.02. The van der Waals surface area contributed by atoms with Gasteiger partial charge in [-0.2, -0.15) is 0 Å². The number of allylic oxidation sites excluding steroid dienone is 2. The first-order valence-corrected chi connectivity index (χ1v) is 30.5. The van der Waals surface area contributed by atoms with Crippen LogP contribution in [0.4, 0.5) is 0 Å². The second kappa shape index (κ2) is 16.6. The Labute approximate surface area is 465 Å². The minimum absolute atomic E-state index is 0.961. The summed E-state index contributed by atoms with van der Waals surface area (Å²) < 4.78 is 9.40. The van der Waals surface area contributed by atoms with E-state index >= 15 is 0 Å². The molecule has 0 aliphatic heterocycles. The van der Waals surface area contributed by atoms with E-state index in [1.807, 2.05) is 45.3 Å². The van der Waals surface area contributed by atoms with Gasteiger partial charge in [-0.05, 0) is 215 Å². The Morgan fingerprint density at radius 3 is 1.23 bits per heavy atom. The van der Waals surface area contributed by atoms with Crippen molar-refractivity contribution in [2.24, 2.45) is 0 Å². The lowest BCUT2D eigenvalue weighted by Crippen LogP contribution is -2.03. The van der Waals surface area contributed by atoms with Gasteiger partial charge in [-0.25, -0.2) is 0 Å². The standard InChI is InChI=1S/C74H44S4/c1-5-13-65-53(9-1)57-33-45(21-29-69(57)75-65)41-17-25-49-50-26-18-43(47-23-31-71-59(35-47)55-11-3-7-15-67(55)77-71)39-63(50)74-64-40-44(48-24-32-72-60(36-48)56-12-4-8-16-68(56)78-72)20-28-52(64)51-27-19-42(38-62(51)73(74)61(49)37-41)46-22-30-70-58(34-46)54-10-2-6-14-66(54)76-70/h1-7,9-15,18-24,26-40H,8,16-17,25H2. The second-order valence-corrected chi connectivity index (χ2v) is 26.0. The number of hydrogen-bond donors (Lipinski definition) is 0. The molecule has 0 radical (unpaired) electrons. The van der Waals surface area contributed by atoms with E-state index in [-0.39, 0.29) is 0 Å². The van der Waals surface area contributed by atoms with Crippen molar-refractivity contribution in [3.63, 3.8) is 0 Å². The van der Waals surface area contributed by atoms with Crippen LogP contribution >= 0.6 is 45.3 Å². The summed E-state index contributed by atoms with van der Waals surface area (Å²) in [5.41, 5.74) is 14.5. The van der Waals surface area contributed by atoms with Gasteiger partial charge in [0.25, 0.3) is 0 Å². The lowest BCUT2D eigenvalue weighted by atomic mass is 9.79. The normalized spacial score (nSPS) is 13.7. The zero-order valence-electron chi connectivity index (χ0n) is 42.2. The molecule has 0 N–H and O–H groups in total. The molecule has 18 rings (SSSR count). The highest BCUT2D eigenvalue weighted by Crippen LogP contribution is 2.50. The van der Waals surface area contributed by atoms with Crippen molar-refractivity contribution in [3.8, 4) is 33.4 Å². The van der Waals surface area contributed by atoms with Crippen LogP contribution in [-0.4, -0.2) is 0 Å². The maximum Gasteiger partial charge on any atom is 0.0355 e. The van der Waals surface area contributed by atoms with E-state index in [0.29, 0.717) is 0 Å². The molecular formula is C74H44S4. The minimum Gasteiger partial charge on any atom is -0.140 e. The molecule has 4 aromatic heterocycles. The zero-order chi connectivity index (χ0) is 50.7. The Kier molecular flexibility index (Phi) is 9.35. The smallest absolute Gasteiger partial charge is 0.0355 e. The SMILES string of the molecule is C1=Cc2c(sc3ccc(-c4ccc5c6ccc(-c7ccc8sc9ccccc9c8c7)cc6c6c7c(c8ccc(-c9ccc%10sc%11ccccc%11c%10c9)cc8c6c5c4)CCC(c4ccc5sc6ccccc6c5c4)=C7)cc23)CC1. The van der Waals surface area contributed by atoms with Gasteiger partial charge in [0, 0.05) is 75.5 Å². The van der Waals surface area contributed by atoms with Crippen LogP contribution in [0.5, 0.6) is 0 Å². The van der Waals surface area contributed by atoms with Crippen LogP contribution in [0.2, 0.25) is 0 Å². The molecule has 12 aromatic carbocycles. The molecule has 0 saturated carbocycles. The van der Waals surface area contributed by atoms with Gasteiger partial charge in [-0.3, -0.25) is 0 Å². The lowest BCUT2D eigenvalue weighted by Gasteiger charge is -2.25. The van der Waals surface area contributed by atoms with E-state index in [2.05, 4.69) is 218 Å². The first-order valence-electron chi connectivity index (χ1n) is 27.2. The Morgan fingerprint density at radius 1 is 0.269 bits per heavy atom. The summed E-state index contributed by atoms with van der Waals surface area (Å²) in [7, 11) is 0.